The van der Waals surface area contributed by atoms with E-state index >= 15 is 0 Å². The van der Waals surface area contributed by atoms with E-state index in [4.69, 9.17) is 5.26 Å². The zero-order chi connectivity index (χ0) is 17.5. The minimum Gasteiger partial charge on any atom is -0.478 e. The molecule has 0 amide bonds. The number of carboxylic acid groups (broad SMARTS) is 1. The third-order valence-corrected chi connectivity index (χ3v) is 3.42. The van der Waals surface area contributed by atoms with E-state index in [0.29, 0.717) is 24.5 Å². The lowest BCUT2D eigenvalue weighted by Crippen LogP contribution is -2.24. The fraction of sp³-hybridized carbons (Fsp3) is 0.267. The van der Waals surface area contributed by atoms with E-state index in [9.17, 15) is 9.90 Å². The number of carbonyl (C=O) groups is 1. The third-order valence-electron chi connectivity index (χ3n) is 3.42. The van der Waals surface area contributed by atoms with Crippen LogP contribution in [0.5, 0.6) is 0 Å². The van der Waals surface area contributed by atoms with Crippen molar-refractivity contribution in [2.75, 3.05) is 23.3 Å². The summed E-state index contributed by atoms with van der Waals surface area (Å²) < 4.78 is 0. The Labute approximate surface area is 138 Å². The van der Waals surface area contributed by atoms with Crippen LogP contribution in [0.4, 0.5) is 11.4 Å². The Morgan fingerprint density at radius 1 is 1.46 bits per heavy atom. The molecule has 2 rings (SSSR count). The highest BCUT2D eigenvalue weighted by atomic mass is 16.4. The van der Waals surface area contributed by atoms with E-state index in [0.717, 1.165) is 0 Å². The second-order valence-electron chi connectivity index (χ2n) is 4.76. The molecule has 0 atom stereocenters. The number of aromatic nitrogens is 4. The van der Waals surface area contributed by atoms with E-state index < -0.39 is 5.97 Å². The van der Waals surface area contributed by atoms with E-state index in [1.807, 2.05) is 24.8 Å². The monoisotopic (exact) mass is 327 g/mol. The van der Waals surface area contributed by atoms with Crippen molar-refractivity contribution in [3.05, 3.63) is 35.8 Å². The molecule has 124 valence electrons. The molecule has 0 aliphatic heterocycles. The smallest absolute Gasteiger partial charge is 0.337 e. The first-order valence-corrected chi connectivity index (χ1v) is 7.33. The van der Waals surface area contributed by atoms with Crippen molar-refractivity contribution in [1.82, 2.24) is 20.6 Å². The molecule has 9 heteroatoms. The van der Waals surface area contributed by atoms with Crippen LogP contribution in [-0.4, -0.2) is 44.8 Å². The molecule has 9 nitrogen and oxygen atoms in total. The quantitative estimate of drug-likeness (QED) is 0.655. The topological polar surface area (TPSA) is 131 Å². The summed E-state index contributed by atoms with van der Waals surface area (Å²) in [7, 11) is 0. The first-order chi connectivity index (χ1) is 11.6. The summed E-state index contributed by atoms with van der Waals surface area (Å²) in [5, 5.41) is 34.6. The van der Waals surface area contributed by atoms with Gasteiger partial charge in [0.1, 0.15) is 11.6 Å². The van der Waals surface area contributed by atoms with Gasteiger partial charge in [0.05, 0.1) is 11.3 Å². The Morgan fingerprint density at radius 3 is 2.75 bits per heavy atom. The van der Waals surface area contributed by atoms with Gasteiger partial charge in [0.15, 0.2) is 0 Å². The lowest BCUT2D eigenvalue weighted by Gasteiger charge is -2.23. The first-order valence-electron chi connectivity index (χ1n) is 7.33. The van der Waals surface area contributed by atoms with Crippen LogP contribution in [0, 0.1) is 11.3 Å². The van der Waals surface area contributed by atoms with Gasteiger partial charge in [-0.25, -0.2) is 4.79 Å². The van der Waals surface area contributed by atoms with Crippen LogP contribution < -0.4 is 10.2 Å². The average molecular weight is 327 g/mol. The number of nitrogens with zero attached hydrogens (tertiary/aromatic N) is 5. The minimum absolute atomic E-state index is 0.156. The maximum absolute atomic E-state index is 11.5. The third kappa shape index (κ3) is 3.67. The lowest BCUT2D eigenvalue weighted by atomic mass is 10.1. The van der Waals surface area contributed by atoms with Gasteiger partial charge in [-0.1, -0.05) is 0 Å². The Kier molecular flexibility index (Phi) is 5.46. The van der Waals surface area contributed by atoms with Crippen LogP contribution in [0.1, 0.15) is 30.0 Å². The number of nitriles is 1. The maximum atomic E-state index is 11.5. The number of allylic oxidation sites excluding steroid dienone is 1. The highest BCUT2D eigenvalue weighted by molar-refractivity contribution is 5.96. The molecule has 1 heterocycles. The number of benzene rings is 1. The Bertz CT molecular complexity index is 774. The molecule has 24 heavy (non-hydrogen) atoms. The van der Waals surface area contributed by atoms with Crippen LogP contribution in [-0.2, 0) is 0 Å². The van der Waals surface area contributed by atoms with Crippen molar-refractivity contribution in [3.63, 3.8) is 0 Å². The number of aromatic amines is 1. The molecule has 0 aliphatic rings. The molecule has 3 N–H and O–H groups in total. The van der Waals surface area contributed by atoms with Crippen molar-refractivity contribution in [2.24, 2.45) is 0 Å². The number of hydrogen-bond donors (Lipinski definition) is 3. The van der Waals surface area contributed by atoms with Gasteiger partial charge in [-0.15, -0.1) is 10.2 Å². The average Bonchev–Trinajstić information content (AvgIpc) is 3.11. The molecule has 0 radical (unpaired) electrons. The van der Waals surface area contributed by atoms with Gasteiger partial charge < -0.3 is 15.3 Å². The summed E-state index contributed by atoms with van der Waals surface area (Å²) in [6.07, 6.45) is 1.41. The predicted octanol–water partition coefficient (Wildman–Crippen LogP) is 1.72. The molecule has 0 saturated heterocycles. The van der Waals surface area contributed by atoms with Crippen LogP contribution in [0.3, 0.4) is 0 Å². The second-order valence-corrected chi connectivity index (χ2v) is 4.76. The number of hydrogen-bond acceptors (Lipinski definition) is 7. The maximum Gasteiger partial charge on any atom is 0.337 e. The number of anilines is 2. The first kappa shape index (κ1) is 17.0. The van der Waals surface area contributed by atoms with Crippen molar-refractivity contribution in [3.8, 4) is 6.07 Å². The molecule has 0 aliphatic carbocycles. The number of nitrogens with one attached hydrogen (secondary N) is 2. The standard InChI is InChI=1S/C15H17N7O2/c1-3-22(4-2)13-6-5-11(7-12(13)15(23)24)17-9-10(8-16)14-18-20-21-19-14/h5-7,9,17H,3-4H2,1-2H3,(H,23,24)(H,18,19,20,21). The molecule has 0 spiro atoms. The molecule has 0 unspecified atom stereocenters. The molecule has 1 aromatic carbocycles. The number of rotatable bonds is 7. The molecular weight excluding hydrogens is 310 g/mol. The molecule has 2 aromatic rings. The van der Waals surface area contributed by atoms with Gasteiger partial charge in [0, 0.05) is 25.0 Å². The minimum atomic E-state index is -1.01. The fourth-order valence-electron chi connectivity index (χ4n) is 2.22. The van der Waals surface area contributed by atoms with E-state index in [2.05, 4.69) is 25.9 Å². The molecule has 1 aromatic heterocycles. The lowest BCUT2D eigenvalue weighted by molar-refractivity contribution is 0.0697. The highest BCUT2D eigenvalue weighted by Gasteiger charge is 2.15. The van der Waals surface area contributed by atoms with Gasteiger partial charge in [0.25, 0.3) is 0 Å². The van der Waals surface area contributed by atoms with Crippen molar-refractivity contribution < 1.29 is 9.90 Å². The summed E-state index contributed by atoms with van der Waals surface area (Å²) in [5.41, 5.74) is 1.56. The second kappa shape index (κ2) is 7.73. The van der Waals surface area contributed by atoms with Gasteiger partial charge in [-0.3, -0.25) is 0 Å². The molecule has 0 saturated carbocycles. The van der Waals surface area contributed by atoms with Crippen molar-refractivity contribution in [1.29, 1.82) is 5.26 Å². The zero-order valence-corrected chi connectivity index (χ0v) is 13.3. The number of tetrazole rings is 1. The Balaban J connectivity index is 2.31. The van der Waals surface area contributed by atoms with Gasteiger partial charge in [-0.2, -0.15) is 10.5 Å². The van der Waals surface area contributed by atoms with Gasteiger partial charge in [-0.05, 0) is 37.3 Å². The Hall–Kier alpha value is -3.41. The van der Waals surface area contributed by atoms with E-state index in [1.165, 1.54) is 12.3 Å². The highest BCUT2D eigenvalue weighted by Crippen LogP contribution is 2.25. The van der Waals surface area contributed by atoms with Crippen LogP contribution in [0.2, 0.25) is 0 Å². The van der Waals surface area contributed by atoms with Crippen LogP contribution >= 0.6 is 0 Å². The zero-order valence-electron chi connectivity index (χ0n) is 13.3. The van der Waals surface area contributed by atoms with Crippen molar-refractivity contribution in [2.45, 2.75) is 13.8 Å². The van der Waals surface area contributed by atoms with Crippen LogP contribution in [0.25, 0.3) is 5.57 Å². The summed E-state index contributed by atoms with van der Waals surface area (Å²) in [6.45, 7) is 5.35. The SMILES string of the molecule is CCN(CC)c1ccc(NC=C(C#N)c2nn[nH]n2)cc1C(=O)O. The van der Waals surface area contributed by atoms with E-state index in [1.54, 1.807) is 12.1 Å². The van der Waals surface area contributed by atoms with Gasteiger partial charge in [0.2, 0.25) is 5.82 Å². The molecular formula is C15H17N7O2. The van der Waals surface area contributed by atoms with Crippen molar-refractivity contribution >= 4 is 22.9 Å². The fourth-order valence-corrected chi connectivity index (χ4v) is 2.22. The normalized spacial score (nSPS) is 11.0. The summed E-state index contributed by atoms with van der Waals surface area (Å²) >= 11 is 0. The number of aromatic carboxylic acids is 1. The molecule has 0 fully saturated rings. The predicted molar refractivity (Wildman–Crippen MR) is 88.4 cm³/mol. The summed E-state index contributed by atoms with van der Waals surface area (Å²) in [4.78, 5) is 13.5. The summed E-state index contributed by atoms with van der Waals surface area (Å²) in [5.74, 6) is -0.855. The van der Waals surface area contributed by atoms with Crippen LogP contribution in [0.15, 0.2) is 24.4 Å². The summed E-state index contributed by atoms with van der Waals surface area (Å²) in [6, 6.07) is 6.97. The number of H-pyrrole nitrogens is 1. The Morgan fingerprint density at radius 2 is 2.21 bits per heavy atom. The van der Waals surface area contributed by atoms with Gasteiger partial charge >= 0.3 is 5.97 Å². The largest absolute Gasteiger partial charge is 0.478 e. The number of carboxylic acids is 1. The molecule has 0 bridgehead atoms. The van der Waals surface area contributed by atoms with E-state index in [-0.39, 0.29) is 17.0 Å².